The van der Waals surface area contributed by atoms with E-state index < -0.39 is 0 Å². The van der Waals surface area contributed by atoms with Crippen molar-refractivity contribution in [2.75, 3.05) is 12.4 Å². The van der Waals surface area contributed by atoms with Gasteiger partial charge in [0.1, 0.15) is 0 Å². The second kappa shape index (κ2) is 3.89. The van der Waals surface area contributed by atoms with E-state index >= 15 is 0 Å². The van der Waals surface area contributed by atoms with E-state index in [9.17, 15) is 9.59 Å². The van der Waals surface area contributed by atoms with E-state index in [2.05, 4.69) is 0 Å². The van der Waals surface area contributed by atoms with E-state index in [4.69, 9.17) is 11.6 Å². The van der Waals surface area contributed by atoms with Crippen LogP contribution >= 0.6 is 11.6 Å². The van der Waals surface area contributed by atoms with Crippen LogP contribution in [-0.2, 0) is 9.59 Å². The van der Waals surface area contributed by atoms with Crippen molar-refractivity contribution in [1.29, 1.82) is 0 Å². The minimum absolute atomic E-state index is 0.0514. The van der Waals surface area contributed by atoms with E-state index in [1.165, 1.54) is 4.90 Å². The predicted molar refractivity (Wildman–Crippen MR) is 52.9 cm³/mol. The molecule has 0 radical (unpaired) electrons. The molecule has 0 spiro atoms. The highest BCUT2D eigenvalue weighted by molar-refractivity contribution is 6.17. The molecule has 2 atom stereocenters. The highest BCUT2D eigenvalue weighted by Crippen LogP contribution is 2.46. The molecule has 2 unspecified atom stereocenters. The summed E-state index contributed by atoms with van der Waals surface area (Å²) in [4.78, 5) is 24.4. The van der Waals surface area contributed by atoms with Crippen molar-refractivity contribution in [2.45, 2.75) is 25.7 Å². The van der Waals surface area contributed by atoms with Gasteiger partial charge in [-0.3, -0.25) is 14.5 Å². The quantitative estimate of drug-likeness (QED) is 0.395. The minimum Gasteiger partial charge on any atom is -0.282 e. The van der Waals surface area contributed by atoms with Crippen LogP contribution in [0.3, 0.4) is 0 Å². The Morgan fingerprint density at radius 2 is 1.79 bits per heavy atom. The number of amides is 2. The summed E-state index contributed by atoms with van der Waals surface area (Å²) in [7, 11) is 0. The van der Waals surface area contributed by atoms with Gasteiger partial charge >= 0.3 is 0 Å². The maximum atomic E-state index is 11.5. The van der Waals surface area contributed by atoms with Crippen molar-refractivity contribution in [2.24, 2.45) is 11.8 Å². The number of nitrogens with zero attached hydrogens (tertiary/aromatic N) is 1. The number of hydrogen-bond donors (Lipinski definition) is 0. The first kappa shape index (κ1) is 9.97. The van der Waals surface area contributed by atoms with Gasteiger partial charge in [0.05, 0.1) is 11.8 Å². The topological polar surface area (TPSA) is 37.4 Å². The minimum atomic E-state index is 0.0514. The summed E-state index contributed by atoms with van der Waals surface area (Å²) in [6.07, 6.45) is 3.65. The molecule has 2 aliphatic rings. The van der Waals surface area contributed by atoms with Gasteiger partial charge in [-0.15, -0.1) is 11.6 Å². The maximum absolute atomic E-state index is 11.5. The third-order valence-electron chi connectivity index (χ3n) is 2.97. The smallest absolute Gasteiger partial charge is 0.233 e. The standard InChI is InChI=1S/C10H14ClNO2/c11-4-2-1-3-5-12-9(13)7-6-8(7)10(12)14/h7-8H,1-6H2. The van der Waals surface area contributed by atoms with Gasteiger partial charge in [-0.2, -0.15) is 0 Å². The third-order valence-corrected chi connectivity index (χ3v) is 3.24. The van der Waals surface area contributed by atoms with Crippen molar-refractivity contribution >= 4 is 23.4 Å². The number of imide groups is 1. The Balaban J connectivity index is 1.76. The number of unbranched alkanes of at least 4 members (excludes halogenated alkanes) is 2. The average molecular weight is 216 g/mol. The van der Waals surface area contributed by atoms with Crippen molar-refractivity contribution in [1.82, 2.24) is 4.90 Å². The van der Waals surface area contributed by atoms with Crippen LogP contribution in [0.15, 0.2) is 0 Å². The molecule has 1 saturated heterocycles. The number of carbonyl (C=O) groups excluding carboxylic acids is 2. The fourth-order valence-corrected chi connectivity index (χ4v) is 2.20. The highest BCUT2D eigenvalue weighted by atomic mass is 35.5. The van der Waals surface area contributed by atoms with Crippen LogP contribution in [0.2, 0.25) is 0 Å². The first-order valence-electron chi connectivity index (χ1n) is 5.17. The largest absolute Gasteiger partial charge is 0.282 e. The summed E-state index contributed by atoms with van der Waals surface area (Å²) in [6, 6.07) is 0. The lowest BCUT2D eigenvalue weighted by atomic mass is 10.2. The summed E-state index contributed by atoms with van der Waals surface area (Å²) in [5.41, 5.74) is 0. The lowest BCUT2D eigenvalue weighted by Crippen LogP contribution is -2.33. The fraction of sp³-hybridized carbons (Fsp3) is 0.800. The predicted octanol–water partition coefficient (Wildman–Crippen LogP) is 1.40. The van der Waals surface area contributed by atoms with E-state index in [0.29, 0.717) is 12.4 Å². The second-order valence-corrected chi connectivity index (χ2v) is 4.40. The van der Waals surface area contributed by atoms with E-state index in [1.807, 2.05) is 0 Å². The molecular weight excluding hydrogens is 202 g/mol. The van der Waals surface area contributed by atoms with Gasteiger partial charge in [-0.1, -0.05) is 6.42 Å². The Morgan fingerprint density at radius 3 is 2.36 bits per heavy atom. The zero-order valence-electron chi connectivity index (χ0n) is 8.04. The van der Waals surface area contributed by atoms with Crippen LogP contribution in [0.4, 0.5) is 0 Å². The number of hydrogen-bond acceptors (Lipinski definition) is 2. The van der Waals surface area contributed by atoms with Crippen molar-refractivity contribution < 1.29 is 9.59 Å². The number of halogens is 1. The molecule has 2 fully saturated rings. The normalized spacial score (nSPS) is 29.6. The van der Waals surface area contributed by atoms with Gasteiger partial charge in [0.2, 0.25) is 11.8 Å². The molecule has 1 heterocycles. The Kier molecular flexibility index (Phi) is 2.77. The van der Waals surface area contributed by atoms with Gasteiger partial charge in [0, 0.05) is 12.4 Å². The number of carbonyl (C=O) groups is 2. The van der Waals surface area contributed by atoms with Gasteiger partial charge in [-0.05, 0) is 19.3 Å². The van der Waals surface area contributed by atoms with Crippen LogP contribution in [0.25, 0.3) is 0 Å². The second-order valence-electron chi connectivity index (χ2n) is 4.03. The highest BCUT2D eigenvalue weighted by Gasteiger charge is 2.58. The van der Waals surface area contributed by atoms with Crippen LogP contribution in [0, 0.1) is 11.8 Å². The summed E-state index contributed by atoms with van der Waals surface area (Å²) in [5, 5.41) is 0. The fourth-order valence-electron chi connectivity index (χ4n) is 2.01. The molecular formula is C10H14ClNO2. The van der Waals surface area contributed by atoms with E-state index in [0.717, 1.165) is 25.7 Å². The number of likely N-dealkylation sites (tertiary alicyclic amines) is 1. The molecule has 14 heavy (non-hydrogen) atoms. The Hall–Kier alpha value is -0.570. The molecule has 2 amide bonds. The number of alkyl halides is 1. The summed E-state index contributed by atoms with van der Waals surface area (Å²) in [6.45, 7) is 0.599. The lowest BCUT2D eigenvalue weighted by Gasteiger charge is -2.15. The van der Waals surface area contributed by atoms with Crippen LogP contribution in [0.5, 0.6) is 0 Å². The Bertz CT molecular complexity index is 247. The van der Waals surface area contributed by atoms with Gasteiger partial charge in [0.25, 0.3) is 0 Å². The van der Waals surface area contributed by atoms with Gasteiger partial charge in [0.15, 0.2) is 0 Å². The molecule has 0 N–H and O–H groups in total. The van der Waals surface area contributed by atoms with Crippen molar-refractivity contribution in [3.8, 4) is 0 Å². The van der Waals surface area contributed by atoms with E-state index in [-0.39, 0.29) is 23.7 Å². The van der Waals surface area contributed by atoms with Crippen molar-refractivity contribution in [3.05, 3.63) is 0 Å². The number of fused-ring (bicyclic) bond motifs is 1. The first-order valence-corrected chi connectivity index (χ1v) is 5.70. The molecule has 0 aromatic heterocycles. The zero-order chi connectivity index (χ0) is 10.1. The van der Waals surface area contributed by atoms with E-state index in [1.54, 1.807) is 0 Å². The zero-order valence-corrected chi connectivity index (χ0v) is 8.79. The maximum Gasteiger partial charge on any atom is 0.233 e. The van der Waals surface area contributed by atoms with Crippen LogP contribution in [-0.4, -0.2) is 29.1 Å². The summed E-state index contributed by atoms with van der Waals surface area (Å²) in [5.74, 6) is 0.885. The van der Waals surface area contributed by atoms with Crippen LogP contribution in [0.1, 0.15) is 25.7 Å². The molecule has 4 heteroatoms. The van der Waals surface area contributed by atoms with Gasteiger partial charge in [-0.25, -0.2) is 0 Å². The molecule has 78 valence electrons. The Morgan fingerprint density at radius 1 is 1.14 bits per heavy atom. The molecule has 1 saturated carbocycles. The Labute approximate surface area is 88.4 Å². The van der Waals surface area contributed by atoms with Crippen LogP contribution < -0.4 is 0 Å². The molecule has 3 nitrogen and oxygen atoms in total. The molecule has 1 aliphatic carbocycles. The monoisotopic (exact) mass is 215 g/mol. The molecule has 0 bridgehead atoms. The summed E-state index contributed by atoms with van der Waals surface area (Å²) < 4.78 is 0. The molecule has 1 aliphatic heterocycles. The average Bonchev–Trinajstić information content (AvgIpc) is 2.91. The molecule has 0 aromatic rings. The SMILES string of the molecule is O=C1C2CC2C(=O)N1CCCCCCl. The molecule has 2 rings (SSSR count). The summed E-state index contributed by atoms with van der Waals surface area (Å²) >= 11 is 5.54. The number of piperidine rings is 1. The first-order chi connectivity index (χ1) is 6.75. The molecule has 0 aromatic carbocycles. The number of rotatable bonds is 5. The van der Waals surface area contributed by atoms with Gasteiger partial charge < -0.3 is 0 Å². The third kappa shape index (κ3) is 1.65. The lowest BCUT2D eigenvalue weighted by molar-refractivity contribution is -0.141. The van der Waals surface area contributed by atoms with Crippen molar-refractivity contribution in [3.63, 3.8) is 0 Å².